The van der Waals surface area contributed by atoms with E-state index in [1.165, 1.54) is 103 Å². The molecule has 0 saturated carbocycles. The van der Waals surface area contributed by atoms with Crippen molar-refractivity contribution < 1.29 is 43.2 Å². The molecule has 0 aliphatic rings. The first kappa shape index (κ1) is 50.3. The summed E-state index contributed by atoms with van der Waals surface area (Å²) in [7, 11) is 0. The minimum absolute atomic E-state index is 0.148. The van der Waals surface area contributed by atoms with Crippen LogP contribution < -0.4 is 0 Å². The van der Waals surface area contributed by atoms with E-state index in [1.807, 2.05) is 13.8 Å². The highest BCUT2D eigenvalue weighted by molar-refractivity contribution is 5.71. The number of esters is 3. The van der Waals surface area contributed by atoms with Crippen LogP contribution in [0, 0.1) is 0 Å². The second-order valence-corrected chi connectivity index (χ2v) is 16.0. The third-order valence-corrected chi connectivity index (χ3v) is 9.40. The quantitative estimate of drug-likeness (QED) is 0.0375. The van der Waals surface area contributed by atoms with Gasteiger partial charge in [0.2, 0.25) is 0 Å². The molecule has 0 spiro atoms. The average molecular weight is 743 g/mol. The van der Waals surface area contributed by atoms with Crippen LogP contribution in [0.5, 0.6) is 0 Å². The Kier molecular flexibility index (Phi) is 32.7. The first-order chi connectivity index (χ1) is 24.9. The molecule has 0 aliphatic heterocycles. The normalized spacial score (nSPS) is 12.5. The molecule has 0 fully saturated rings. The summed E-state index contributed by atoms with van der Waals surface area (Å²) < 4.78 is 27.8. The van der Waals surface area contributed by atoms with Crippen LogP contribution in [-0.4, -0.2) is 73.4 Å². The van der Waals surface area contributed by atoms with Crippen LogP contribution in [0.4, 0.5) is 0 Å². The number of unbranched alkanes of at least 4 members (excludes halogenated alkanes) is 20. The van der Waals surface area contributed by atoms with E-state index in [2.05, 4.69) is 13.8 Å². The average Bonchev–Trinajstić information content (AvgIpc) is 3.08. The molecule has 1 unspecified atom stereocenters. The van der Waals surface area contributed by atoms with E-state index in [9.17, 15) is 19.5 Å². The number of hydrogen-bond acceptors (Lipinski definition) is 9. The van der Waals surface area contributed by atoms with E-state index in [0.717, 1.165) is 38.5 Å². The van der Waals surface area contributed by atoms with Crippen molar-refractivity contribution in [3.63, 3.8) is 0 Å². The summed E-state index contributed by atoms with van der Waals surface area (Å²) in [6, 6.07) is 0. The van der Waals surface area contributed by atoms with E-state index in [1.54, 1.807) is 13.8 Å². The van der Waals surface area contributed by atoms with Crippen molar-refractivity contribution in [3.05, 3.63) is 0 Å². The lowest BCUT2D eigenvalue weighted by Gasteiger charge is -2.27. The van der Waals surface area contributed by atoms with Gasteiger partial charge in [0.15, 0.2) is 6.10 Å². The molecule has 0 aromatic carbocycles. The van der Waals surface area contributed by atoms with E-state index in [-0.39, 0.29) is 38.2 Å². The van der Waals surface area contributed by atoms with Gasteiger partial charge in [-0.3, -0.25) is 9.59 Å². The molecular weight excluding hydrogens is 660 g/mol. The number of carbonyl (C=O) groups is 3. The molecule has 0 bridgehead atoms. The Hall–Kier alpha value is -1.71. The molecule has 0 aromatic heterocycles. The van der Waals surface area contributed by atoms with Crippen molar-refractivity contribution in [3.8, 4) is 0 Å². The second-order valence-electron chi connectivity index (χ2n) is 16.0. The van der Waals surface area contributed by atoms with Crippen molar-refractivity contribution in [1.29, 1.82) is 0 Å². The van der Waals surface area contributed by atoms with Crippen LogP contribution in [-0.2, 0) is 38.1 Å². The fraction of sp³-hybridized carbons (Fsp3) is 0.930. The molecule has 0 amide bonds. The van der Waals surface area contributed by atoms with Gasteiger partial charge in [0, 0.05) is 12.8 Å². The minimum atomic E-state index is -0.867. The van der Waals surface area contributed by atoms with E-state index in [4.69, 9.17) is 23.7 Å². The molecule has 0 aromatic rings. The van der Waals surface area contributed by atoms with E-state index in [0.29, 0.717) is 32.5 Å². The van der Waals surface area contributed by atoms with Crippen LogP contribution in [0.25, 0.3) is 0 Å². The summed E-state index contributed by atoms with van der Waals surface area (Å²) in [6.07, 6.45) is 27.2. The Labute approximate surface area is 319 Å². The van der Waals surface area contributed by atoms with Crippen LogP contribution >= 0.6 is 0 Å². The van der Waals surface area contributed by atoms with Gasteiger partial charge in [-0.1, -0.05) is 142 Å². The van der Waals surface area contributed by atoms with Gasteiger partial charge < -0.3 is 28.8 Å². The van der Waals surface area contributed by atoms with Gasteiger partial charge in [-0.05, 0) is 53.4 Å². The molecule has 9 nitrogen and oxygen atoms in total. The molecule has 0 radical (unpaired) electrons. The summed E-state index contributed by atoms with van der Waals surface area (Å²) in [5, 5.41) is 9.88. The van der Waals surface area contributed by atoms with Crippen LogP contribution in [0.15, 0.2) is 0 Å². The number of rotatable bonds is 38. The Morgan fingerprint density at radius 3 is 1.37 bits per heavy atom. The van der Waals surface area contributed by atoms with Gasteiger partial charge >= 0.3 is 17.9 Å². The molecule has 1 atom stereocenters. The molecule has 0 saturated heterocycles. The summed E-state index contributed by atoms with van der Waals surface area (Å²) in [6.45, 7) is 11.9. The van der Waals surface area contributed by atoms with Crippen LogP contribution in [0.1, 0.15) is 208 Å². The lowest BCUT2D eigenvalue weighted by molar-refractivity contribution is -0.168. The number of aliphatic hydroxyl groups is 1. The molecule has 0 heterocycles. The van der Waals surface area contributed by atoms with Gasteiger partial charge in [-0.2, -0.15) is 0 Å². The lowest BCUT2D eigenvalue weighted by Crippen LogP contribution is -2.32. The SMILES string of the molecule is CCCCCCCCCCCCCC(=O)OCC(COC(=O)COCCC(C)(C)OCCC(C)(C)O)OC(=O)CCCCCCCCCCCCC. The monoisotopic (exact) mass is 743 g/mol. The molecule has 9 heteroatoms. The predicted molar refractivity (Wildman–Crippen MR) is 210 cm³/mol. The Morgan fingerprint density at radius 2 is 0.923 bits per heavy atom. The maximum atomic E-state index is 12.7. The summed E-state index contributed by atoms with van der Waals surface area (Å²) in [5.41, 5.74) is -1.26. The van der Waals surface area contributed by atoms with E-state index >= 15 is 0 Å². The summed E-state index contributed by atoms with van der Waals surface area (Å²) >= 11 is 0. The van der Waals surface area contributed by atoms with Gasteiger partial charge in [0.25, 0.3) is 0 Å². The third-order valence-electron chi connectivity index (χ3n) is 9.40. The number of carbonyl (C=O) groups excluding carboxylic acids is 3. The standard InChI is InChI=1S/C43H82O9/c1-7-9-11-13-15-17-19-21-23-25-27-29-39(44)49-35-38(52-40(45)30-28-26-24-22-20-18-16-14-12-10-8-2)36-50-41(46)37-48-33-32-43(5,6)51-34-31-42(3,4)47/h38,47H,7-37H2,1-6H3. The molecule has 0 aliphatic carbocycles. The van der Waals surface area contributed by atoms with Gasteiger partial charge in [0.05, 0.1) is 24.4 Å². The number of hydrogen-bond donors (Lipinski definition) is 1. The van der Waals surface area contributed by atoms with Gasteiger partial charge in [-0.15, -0.1) is 0 Å². The van der Waals surface area contributed by atoms with Gasteiger partial charge in [-0.25, -0.2) is 4.79 Å². The zero-order valence-corrected chi connectivity index (χ0v) is 34.7. The molecule has 1 N–H and O–H groups in total. The molecule has 52 heavy (non-hydrogen) atoms. The molecular formula is C43H82O9. The zero-order chi connectivity index (χ0) is 38.8. The van der Waals surface area contributed by atoms with Crippen molar-refractivity contribution >= 4 is 17.9 Å². The van der Waals surface area contributed by atoms with Crippen LogP contribution in [0.3, 0.4) is 0 Å². The zero-order valence-electron chi connectivity index (χ0n) is 34.7. The number of ether oxygens (including phenoxy) is 5. The Balaban J connectivity index is 4.52. The van der Waals surface area contributed by atoms with Crippen molar-refractivity contribution in [2.45, 2.75) is 226 Å². The highest BCUT2D eigenvalue weighted by Crippen LogP contribution is 2.18. The van der Waals surface area contributed by atoms with Crippen molar-refractivity contribution in [2.24, 2.45) is 0 Å². The first-order valence-corrected chi connectivity index (χ1v) is 21.3. The fourth-order valence-corrected chi connectivity index (χ4v) is 5.84. The second kappa shape index (κ2) is 33.8. The topological polar surface area (TPSA) is 118 Å². The Bertz CT molecular complexity index is 852. The summed E-state index contributed by atoms with van der Waals surface area (Å²) in [4.78, 5) is 37.6. The minimum Gasteiger partial charge on any atom is -0.462 e. The lowest BCUT2D eigenvalue weighted by atomic mass is 10.0. The molecule has 308 valence electrons. The van der Waals surface area contributed by atoms with Gasteiger partial charge in [0.1, 0.15) is 19.8 Å². The summed E-state index contributed by atoms with van der Waals surface area (Å²) in [5.74, 6) is -1.29. The maximum absolute atomic E-state index is 12.7. The highest BCUT2D eigenvalue weighted by atomic mass is 16.6. The third kappa shape index (κ3) is 36.6. The first-order valence-electron chi connectivity index (χ1n) is 21.3. The Morgan fingerprint density at radius 1 is 0.519 bits per heavy atom. The maximum Gasteiger partial charge on any atom is 0.332 e. The molecule has 0 rings (SSSR count). The largest absolute Gasteiger partial charge is 0.462 e. The van der Waals surface area contributed by atoms with Crippen molar-refractivity contribution in [1.82, 2.24) is 0 Å². The highest BCUT2D eigenvalue weighted by Gasteiger charge is 2.22. The van der Waals surface area contributed by atoms with Crippen LogP contribution in [0.2, 0.25) is 0 Å². The van der Waals surface area contributed by atoms with Crippen molar-refractivity contribution in [2.75, 3.05) is 33.0 Å². The smallest absolute Gasteiger partial charge is 0.332 e. The predicted octanol–water partition coefficient (Wildman–Crippen LogP) is 10.7. The van der Waals surface area contributed by atoms with E-state index < -0.39 is 23.3 Å². The fourth-order valence-electron chi connectivity index (χ4n) is 5.84.